The van der Waals surface area contributed by atoms with Gasteiger partial charge in [0, 0.05) is 30.4 Å². The van der Waals surface area contributed by atoms with Gasteiger partial charge in [-0.1, -0.05) is 0 Å². The molecule has 1 aliphatic rings. The minimum absolute atomic E-state index is 0.0172. The number of pyridine rings is 1. The summed E-state index contributed by atoms with van der Waals surface area (Å²) in [4.78, 5) is 19.3. The number of alkyl halides is 4. The van der Waals surface area contributed by atoms with Crippen molar-refractivity contribution in [3.8, 4) is 34.1 Å². The van der Waals surface area contributed by atoms with Crippen molar-refractivity contribution in [3.63, 3.8) is 0 Å². The van der Waals surface area contributed by atoms with Crippen LogP contribution in [0, 0.1) is 0 Å². The van der Waals surface area contributed by atoms with Gasteiger partial charge >= 0.3 is 12.7 Å². The van der Waals surface area contributed by atoms with Crippen LogP contribution in [0.25, 0.3) is 33.4 Å². The third-order valence-electron chi connectivity index (χ3n) is 5.70. The normalized spacial score (nSPS) is 15.3. The molecule has 2 N–H and O–H groups in total. The number of carbonyl (C=O) groups is 1. The SMILES string of the molecule is CC(C)OC(=O)N[C@@H]1COc2c(-c3[nH]c4ncccc4c3-c3cn(C)nc3OC(F)F)c(C(F)F)nn2C1. The second-order valence-electron chi connectivity index (χ2n) is 8.83. The maximum Gasteiger partial charge on any atom is 0.407 e. The molecule has 38 heavy (non-hydrogen) atoms. The van der Waals surface area contributed by atoms with Crippen molar-refractivity contribution >= 4 is 17.1 Å². The van der Waals surface area contributed by atoms with Crippen LogP contribution in [0.15, 0.2) is 24.5 Å². The molecule has 15 heteroatoms. The van der Waals surface area contributed by atoms with Gasteiger partial charge in [-0.25, -0.2) is 23.2 Å². The predicted octanol–water partition coefficient (Wildman–Crippen LogP) is 4.26. The molecule has 0 saturated heterocycles. The Balaban J connectivity index is 1.64. The second kappa shape index (κ2) is 9.87. The highest BCUT2D eigenvalue weighted by atomic mass is 19.3. The number of hydrogen-bond donors (Lipinski definition) is 2. The molecule has 0 aliphatic carbocycles. The van der Waals surface area contributed by atoms with Crippen LogP contribution < -0.4 is 14.8 Å². The van der Waals surface area contributed by atoms with Crippen molar-refractivity contribution in [2.24, 2.45) is 7.05 Å². The number of alkyl carbamates (subject to hydrolysis) is 1. The Hall–Kier alpha value is -4.30. The third kappa shape index (κ3) is 4.70. The molecular weight excluding hydrogens is 514 g/mol. The zero-order valence-corrected chi connectivity index (χ0v) is 20.4. The Morgan fingerprint density at radius 3 is 2.74 bits per heavy atom. The van der Waals surface area contributed by atoms with Gasteiger partial charge in [0.1, 0.15) is 17.9 Å². The number of aromatic amines is 1. The van der Waals surface area contributed by atoms with E-state index in [0.29, 0.717) is 11.0 Å². The Labute approximate surface area is 212 Å². The third-order valence-corrected chi connectivity index (χ3v) is 5.70. The molecule has 4 aromatic heterocycles. The number of rotatable bonds is 7. The Kier molecular flexibility index (Phi) is 6.59. The van der Waals surface area contributed by atoms with Crippen molar-refractivity contribution in [1.82, 2.24) is 34.8 Å². The Morgan fingerprint density at radius 1 is 1.24 bits per heavy atom. The van der Waals surface area contributed by atoms with Crippen molar-refractivity contribution in [2.75, 3.05) is 6.61 Å². The summed E-state index contributed by atoms with van der Waals surface area (Å²) < 4.78 is 73.0. The van der Waals surface area contributed by atoms with E-state index in [4.69, 9.17) is 9.47 Å². The Bertz CT molecular complexity index is 1480. The highest BCUT2D eigenvalue weighted by Crippen LogP contribution is 2.47. The summed E-state index contributed by atoms with van der Waals surface area (Å²) in [5, 5.41) is 11.1. The number of nitrogens with zero attached hydrogens (tertiary/aromatic N) is 5. The van der Waals surface area contributed by atoms with Crippen LogP contribution in [0.1, 0.15) is 26.0 Å². The molecule has 0 unspecified atom stereocenters. The molecule has 1 atom stereocenters. The summed E-state index contributed by atoms with van der Waals surface area (Å²) in [5.74, 6) is -0.370. The van der Waals surface area contributed by atoms with E-state index in [0.717, 1.165) is 0 Å². The second-order valence-corrected chi connectivity index (χ2v) is 8.83. The molecule has 0 radical (unpaired) electrons. The van der Waals surface area contributed by atoms with Gasteiger partial charge in [-0.3, -0.25) is 4.68 Å². The summed E-state index contributed by atoms with van der Waals surface area (Å²) in [6.07, 6.45) is -1.10. The number of aryl methyl sites for hydroxylation is 1. The fraction of sp³-hybridized carbons (Fsp3) is 0.391. The average molecular weight is 537 g/mol. The molecule has 0 spiro atoms. The molecule has 0 fully saturated rings. The average Bonchev–Trinajstić information content (AvgIpc) is 3.49. The maximum atomic E-state index is 14.3. The van der Waals surface area contributed by atoms with Crippen molar-refractivity contribution in [3.05, 3.63) is 30.2 Å². The smallest absolute Gasteiger partial charge is 0.407 e. The van der Waals surface area contributed by atoms with Crippen LogP contribution in [0.3, 0.4) is 0 Å². The number of carbonyl (C=O) groups excluding carboxylic acids is 1. The van der Waals surface area contributed by atoms with Crippen LogP contribution in [0.4, 0.5) is 22.4 Å². The first-order chi connectivity index (χ1) is 18.1. The van der Waals surface area contributed by atoms with Crippen LogP contribution in [0.2, 0.25) is 0 Å². The molecule has 4 aromatic rings. The number of hydrogen-bond acceptors (Lipinski definition) is 7. The van der Waals surface area contributed by atoms with E-state index in [1.165, 1.54) is 28.8 Å². The van der Waals surface area contributed by atoms with Gasteiger partial charge in [0.05, 0.1) is 35.5 Å². The summed E-state index contributed by atoms with van der Waals surface area (Å²) >= 11 is 0. The first-order valence-electron chi connectivity index (χ1n) is 11.6. The first-order valence-corrected chi connectivity index (χ1v) is 11.6. The number of ether oxygens (including phenoxy) is 3. The summed E-state index contributed by atoms with van der Waals surface area (Å²) in [5.41, 5.74) is 0.165. The molecule has 5 heterocycles. The lowest BCUT2D eigenvalue weighted by Gasteiger charge is -2.25. The fourth-order valence-corrected chi connectivity index (χ4v) is 4.37. The zero-order valence-electron chi connectivity index (χ0n) is 20.4. The molecule has 0 bridgehead atoms. The first kappa shape index (κ1) is 25.4. The zero-order chi connectivity index (χ0) is 27.1. The van der Waals surface area contributed by atoms with Gasteiger partial charge in [-0.15, -0.1) is 5.10 Å². The van der Waals surface area contributed by atoms with Crippen molar-refractivity contribution in [2.45, 2.75) is 45.6 Å². The molecule has 0 saturated carbocycles. The van der Waals surface area contributed by atoms with E-state index in [2.05, 4.69) is 30.2 Å². The van der Waals surface area contributed by atoms with Gasteiger partial charge in [-0.2, -0.15) is 13.9 Å². The van der Waals surface area contributed by atoms with E-state index in [1.54, 1.807) is 26.0 Å². The highest BCUT2D eigenvalue weighted by molar-refractivity contribution is 6.04. The van der Waals surface area contributed by atoms with Crippen molar-refractivity contribution in [1.29, 1.82) is 0 Å². The van der Waals surface area contributed by atoms with Gasteiger partial charge in [0.2, 0.25) is 11.8 Å². The lowest BCUT2D eigenvalue weighted by molar-refractivity contribution is -0.0527. The van der Waals surface area contributed by atoms with Crippen LogP contribution in [-0.2, 0) is 18.3 Å². The van der Waals surface area contributed by atoms with E-state index >= 15 is 0 Å². The van der Waals surface area contributed by atoms with E-state index in [1.807, 2.05) is 0 Å². The maximum absolute atomic E-state index is 14.3. The number of halogens is 4. The van der Waals surface area contributed by atoms with E-state index < -0.39 is 30.9 Å². The minimum atomic E-state index is -3.16. The van der Waals surface area contributed by atoms with E-state index in [9.17, 15) is 22.4 Å². The summed E-state index contributed by atoms with van der Waals surface area (Å²) in [6.45, 7) is 0.205. The van der Waals surface area contributed by atoms with E-state index in [-0.39, 0.29) is 53.4 Å². The number of amides is 1. The fourth-order valence-electron chi connectivity index (χ4n) is 4.37. The highest BCUT2D eigenvalue weighted by Gasteiger charge is 2.35. The lowest BCUT2D eigenvalue weighted by Crippen LogP contribution is -2.45. The monoisotopic (exact) mass is 537 g/mol. The van der Waals surface area contributed by atoms with Gasteiger partial charge in [0.15, 0.2) is 0 Å². The number of fused-ring (bicyclic) bond motifs is 2. The largest absolute Gasteiger partial charge is 0.475 e. The predicted molar refractivity (Wildman–Crippen MR) is 125 cm³/mol. The lowest BCUT2D eigenvalue weighted by atomic mass is 10.0. The van der Waals surface area contributed by atoms with Crippen LogP contribution >= 0.6 is 0 Å². The standard InChI is InChI=1S/C23H23F4N7O4/c1-10(2)37-23(35)29-11-7-34-21(36-9-11)15(17(31-34)18(24)25)16-14(12-5-4-6-28-19(12)30-16)13-8-33(3)32-20(13)38-22(26)27/h4-6,8,10-11,18,22H,7,9H2,1-3H3,(H,28,30)(H,29,35)/t11-/m0/s1. The molecule has 1 aliphatic heterocycles. The van der Waals surface area contributed by atoms with Crippen LogP contribution in [-0.4, -0.2) is 61.0 Å². The minimum Gasteiger partial charge on any atom is -0.475 e. The topological polar surface area (TPSA) is 121 Å². The molecule has 202 valence electrons. The molecule has 11 nitrogen and oxygen atoms in total. The number of H-pyrrole nitrogens is 1. The Morgan fingerprint density at radius 2 is 2.03 bits per heavy atom. The quantitative estimate of drug-likeness (QED) is 0.338. The van der Waals surface area contributed by atoms with Gasteiger partial charge in [-0.05, 0) is 26.0 Å². The van der Waals surface area contributed by atoms with Gasteiger partial charge in [0.25, 0.3) is 6.43 Å². The molecule has 1 amide bonds. The van der Waals surface area contributed by atoms with Gasteiger partial charge < -0.3 is 24.5 Å². The summed E-state index contributed by atoms with van der Waals surface area (Å²) in [6, 6.07) is 2.69. The molecular formula is C23H23F4N7O4. The number of aromatic nitrogens is 6. The van der Waals surface area contributed by atoms with Crippen molar-refractivity contribution < 1.29 is 36.6 Å². The number of nitrogens with one attached hydrogen (secondary N) is 2. The summed E-state index contributed by atoms with van der Waals surface area (Å²) in [7, 11) is 1.52. The molecule has 5 rings (SSSR count). The molecule has 0 aromatic carbocycles. The van der Waals surface area contributed by atoms with Crippen LogP contribution in [0.5, 0.6) is 11.8 Å².